The number of esters is 1. The van der Waals surface area contributed by atoms with Crippen LogP contribution in [0.5, 0.6) is 0 Å². The van der Waals surface area contributed by atoms with E-state index in [4.69, 9.17) is 14.2 Å². The van der Waals surface area contributed by atoms with Crippen LogP contribution in [0.2, 0.25) is 0 Å². The lowest BCUT2D eigenvalue weighted by molar-refractivity contribution is 0.0600. The molecule has 4 heteroatoms. The van der Waals surface area contributed by atoms with E-state index in [0.717, 1.165) is 16.7 Å². The Bertz CT molecular complexity index is 587. The fourth-order valence-electron chi connectivity index (χ4n) is 2.04. The van der Waals surface area contributed by atoms with E-state index in [2.05, 4.69) is 0 Å². The van der Waals surface area contributed by atoms with Crippen LogP contribution in [0.1, 0.15) is 15.9 Å². The predicted octanol–water partition coefficient (Wildman–Crippen LogP) is 3.30. The second-order valence-corrected chi connectivity index (χ2v) is 4.81. The van der Waals surface area contributed by atoms with Crippen LogP contribution in [0.3, 0.4) is 0 Å². The molecule has 0 amide bonds. The zero-order valence-corrected chi connectivity index (χ0v) is 12.9. The molecule has 2 rings (SSSR count). The first-order valence-electron chi connectivity index (χ1n) is 7.09. The number of carbonyl (C=O) groups excluding carboxylic acids is 1. The summed E-state index contributed by atoms with van der Waals surface area (Å²) in [4.78, 5) is 11.4. The molecule has 0 spiro atoms. The van der Waals surface area contributed by atoms with Crippen LogP contribution in [0.25, 0.3) is 11.1 Å². The van der Waals surface area contributed by atoms with Crippen LogP contribution in [-0.4, -0.2) is 33.4 Å². The first-order valence-corrected chi connectivity index (χ1v) is 7.09. The molecule has 0 radical (unpaired) electrons. The standard InChI is InChI=1S/C18H20O4/c1-20-11-12-22-13-14-3-5-15(6-4-14)16-7-9-17(10-8-16)18(19)21-2/h3-10H,11-13H2,1-2H3. The summed E-state index contributed by atoms with van der Waals surface area (Å²) in [7, 11) is 3.04. The summed E-state index contributed by atoms with van der Waals surface area (Å²) in [6, 6.07) is 15.5. The molecule has 4 nitrogen and oxygen atoms in total. The third-order valence-electron chi connectivity index (χ3n) is 3.29. The fraction of sp³-hybridized carbons (Fsp3) is 0.278. The van der Waals surface area contributed by atoms with Gasteiger partial charge in [0.05, 0.1) is 32.5 Å². The van der Waals surface area contributed by atoms with Gasteiger partial charge in [-0.1, -0.05) is 36.4 Å². The van der Waals surface area contributed by atoms with Crippen molar-refractivity contribution in [3.05, 3.63) is 59.7 Å². The summed E-state index contributed by atoms with van der Waals surface area (Å²) in [5.41, 5.74) is 3.82. The molecule has 0 bridgehead atoms. The molecular weight excluding hydrogens is 280 g/mol. The molecule has 0 fully saturated rings. The van der Waals surface area contributed by atoms with Gasteiger partial charge < -0.3 is 14.2 Å². The quantitative estimate of drug-likeness (QED) is 0.581. The van der Waals surface area contributed by atoms with Crippen LogP contribution in [0.4, 0.5) is 0 Å². The number of methoxy groups -OCH3 is 2. The van der Waals surface area contributed by atoms with Crippen molar-refractivity contribution in [3.8, 4) is 11.1 Å². The normalized spacial score (nSPS) is 10.5. The van der Waals surface area contributed by atoms with Gasteiger partial charge >= 0.3 is 5.97 Å². The highest BCUT2D eigenvalue weighted by Gasteiger charge is 2.05. The molecule has 2 aromatic rings. The minimum absolute atomic E-state index is 0.324. The average molecular weight is 300 g/mol. The van der Waals surface area contributed by atoms with Gasteiger partial charge in [-0.3, -0.25) is 0 Å². The van der Waals surface area contributed by atoms with Gasteiger partial charge in [-0.05, 0) is 28.8 Å². The predicted molar refractivity (Wildman–Crippen MR) is 84.7 cm³/mol. The average Bonchev–Trinajstić information content (AvgIpc) is 2.59. The molecule has 0 saturated heterocycles. The van der Waals surface area contributed by atoms with Crippen LogP contribution in [-0.2, 0) is 20.8 Å². The minimum atomic E-state index is -0.324. The van der Waals surface area contributed by atoms with Crippen LogP contribution in [0, 0.1) is 0 Å². The molecule has 0 atom stereocenters. The van der Waals surface area contributed by atoms with Crippen molar-refractivity contribution < 1.29 is 19.0 Å². The lowest BCUT2D eigenvalue weighted by Crippen LogP contribution is -2.01. The first kappa shape index (κ1) is 16.2. The lowest BCUT2D eigenvalue weighted by atomic mass is 10.0. The van der Waals surface area contributed by atoms with Crippen molar-refractivity contribution in [1.29, 1.82) is 0 Å². The van der Waals surface area contributed by atoms with Crippen molar-refractivity contribution >= 4 is 5.97 Å². The summed E-state index contributed by atoms with van der Waals surface area (Å²) in [6.07, 6.45) is 0. The molecule has 0 aliphatic heterocycles. The van der Waals surface area contributed by atoms with Gasteiger partial charge in [-0.15, -0.1) is 0 Å². The molecule has 0 saturated carbocycles. The molecule has 0 aliphatic rings. The molecule has 0 aromatic heterocycles. The highest BCUT2D eigenvalue weighted by atomic mass is 16.5. The van der Waals surface area contributed by atoms with E-state index in [1.165, 1.54) is 7.11 Å². The molecular formula is C18H20O4. The maximum Gasteiger partial charge on any atom is 0.337 e. The second-order valence-electron chi connectivity index (χ2n) is 4.81. The maximum atomic E-state index is 11.4. The van der Waals surface area contributed by atoms with Crippen molar-refractivity contribution in [3.63, 3.8) is 0 Å². The lowest BCUT2D eigenvalue weighted by Gasteiger charge is -2.06. The van der Waals surface area contributed by atoms with Gasteiger partial charge in [0, 0.05) is 7.11 Å². The van der Waals surface area contributed by atoms with Crippen molar-refractivity contribution in [2.75, 3.05) is 27.4 Å². The minimum Gasteiger partial charge on any atom is -0.465 e. The highest BCUT2D eigenvalue weighted by Crippen LogP contribution is 2.21. The SMILES string of the molecule is COCCOCc1ccc(-c2ccc(C(=O)OC)cc2)cc1. The van der Waals surface area contributed by atoms with E-state index >= 15 is 0 Å². The molecule has 0 unspecified atom stereocenters. The van der Waals surface area contributed by atoms with Gasteiger partial charge in [0.2, 0.25) is 0 Å². The van der Waals surface area contributed by atoms with Crippen molar-refractivity contribution in [2.24, 2.45) is 0 Å². The van der Waals surface area contributed by atoms with E-state index in [-0.39, 0.29) is 5.97 Å². The van der Waals surface area contributed by atoms with Crippen molar-refractivity contribution in [2.45, 2.75) is 6.61 Å². The number of benzene rings is 2. The summed E-state index contributed by atoms with van der Waals surface area (Å²) < 4.78 is 15.1. The molecule has 116 valence electrons. The number of hydrogen-bond donors (Lipinski definition) is 0. The van der Waals surface area contributed by atoms with Crippen molar-refractivity contribution in [1.82, 2.24) is 0 Å². The zero-order chi connectivity index (χ0) is 15.8. The topological polar surface area (TPSA) is 44.8 Å². The molecule has 22 heavy (non-hydrogen) atoms. The van der Waals surface area contributed by atoms with Crippen LogP contribution in [0.15, 0.2) is 48.5 Å². The van der Waals surface area contributed by atoms with Crippen LogP contribution >= 0.6 is 0 Å². The molecule has 0 heterocycles. The third kappa shape index (κ3) is 4.41. The number of rotatable bonds is 7. The largest absolute Gasteiger partial charge is 0.465 e. The second kappa shape index (κ2) is 8.32. The number of ether oxygens (including phenoxy) is 3. The highest BCUT2D eigenvalue weighted by molar-refractivity contribution is 5.89. The summed E-state index contributed by atoms with van der Waals surface area (Å²) in [5, 5.41) is 0. The number of carbonyl (C=O) groups is 1. The fourth-order valence-corrected chi connectivity index (χ4v) is 2.04. The Kier molecular flexibility index (Phi) is 6.13. The molecule has 0 N–H and O–H groups in total. The Hall–Kier alpha value is -2.17. The smallest absolute Gasteiger partial charge is 0.337 e. The molecule has 2 aromatic carbocycles. The van der Waals surface area contributed by atoms with Gasteiger partial charge in [0.1, 0.15) is 0 Å². The molecule has 0 aliphatic carbocycles. The maximum absolute atomic E-state index is 11.4. The Balaban J connectivity index is 1.99. The van der Waals surface area contributed by atoms with E-state index in [9.17, 15) is 4.79 Å². The van der Waals surface area contributed by atoms with E-state index in [1.54, 1.807) is 19.2 Å². The third-order valence-corrected chi connectivity index (χ3v) is 3.29. The summed E-state index contributed by atoms with van der Waals surface area (Å²) in [5.74, 6) is -0.324. The van der Waals surface area contributed by atoms with E-state index < -0.39 is 0 Å². The Labute approximate surface area is 130 Å². The van der Waals surface area contributed by atoms with Gasteiger partial charge in [-0.25, -0.2) is 4.79 Å². The van der Waals surface area contributed by atoms with Crippen LogP contribution < -0.4 is 0 Å². The van der Waals surface area contributed by atoms with Gasteiger partial charge in [0.25, 0.3) is 0 Å². The Morgan fingerprint density at radius 1 is 0.864 bits per heavy atom. The Morgan fingerprint density at radius 2 is 1.45 bits per heavy atom. The van der Waals surface area contributed by atoms with E-state index in [1.807, 2.05) is 36.4 Å². The van der Waals surface area contributed by atoms with E-state index in [0.29, 0.717) is 25.4 Å². The zero-order valence-electron chi connectivity index (χ0n) is 12.9. The number of hydrogen-bond acceptors (Lipinski definition) is 4. The first-order chi connectivity index (χ1) is 10.7. The monoisotopic (exact) mass is 300 g/mol. The summed E-state index contributed by atoms with van der Waals surface area (Å²) >= 11 is 0. The van der Waals surface area contributed by atoms with Gasteiger partial charge in [-0.2, -0.15) is 0 Å². The van der Waals surface area contributed by atoms with Gasteiger partial charge in [0.15, 0.2) is 0 Å². The Morgan fingerprint density at radius 3 is 2.00 bits per heavy atom. The summed E-state index contributed by atoms with van der Waals surface area (Å²) in [6.45, 7) is 1.77.